The number of nitrogens with zero attached hydrogens (tertiary/aromatic N) is 3. The third kappa shape index (κ3) is 3.30. The summed E-state index contributed by atoms with van der Waals surface area (Å²) in [7, 11) is -0.301. The fourth-order valence-electron chi connectivity index (χ4n) is 2.69. The SMILES string of the molecule is CN(C)S(=O)(=O)N1CCN(C(=O)C2CCCNC2)CC1. The summed E-state index contributed by atoms with van der Waals surface area (Å²) >= 11 is 0. The van der Waals surface area contributed by atoms with Crippen molar-refractivity contribution in [1.29, 1.82) is 0 Å². The molecule has 8 heteroatoms. The lowest BCUT2D eigenvalue weighted by Crippen LogP contribution is -2.55. The smallest absolute Gasteiger partial charge is 0.281 e. The van der Waals surface area contributed by atoms with Gasteiger partial charge in [-0.3, -0.25) is 4.79 Å². The van der Waals surface area contributed by atoms with Gasteiger partial charge in [0, 0.05) is 46.8 Å². The highest BCUT2D eigenvalue weighted by Gasteiger charge is 2.32. The lowest BCUT2D eigenvalue weighted by atomic mass is 9.98. The lowest BCUT2D eigenvalue weighted by Gasteiger charge is -2.37. The van der Waals surface area contributed by atoms with Crippen molar-refractivity contribution < 1.29 is 13.2 Å². The molecule has 7 nitrogen and oxygen atoms in total. The second kappa shape index (κ2) is 6.38. The molecule has 2 aliphatic heterocycles. The Balaban J connectivity index is 1.89. The minimum Gasteiger partial charge on any atom is -0.340 e. The molecule has 1 atom stereocenters. The van der Waals surface area contributed by atoms with Crippen LogP contribution in [0.4, 0.5) is 0 Å². The van der Waals surface area contributed by atoms with Crippen molar-refractivity contribution in [2.24, 2.45) is 5.92 Å². The third-order valence-electron chi connectivity index (χ3n) is 3.98. The summed E-state index contributed by atoms with van der Waals surface area (Å²) in [5.41, 5.74) is 0. The molecule has 0 aromatic rings. The van der Waals surface area contributed by atoms with Gasteiger partial charge in [0.1, 0.15) is 0 Å². The average Bonchev–Trinajstić information content (AvgIpc) is 2.47. The molecule has 2 saturated heterocycles. The Bertz CT molecular complexity index is 438. The molecular weight excluding hydrogens is 280 g/mol. The summed E-state index contributed by atoms with van der Waals surface area (Å²) in [6, 6.07) is 0. The van der Waals surface area contributed by atoms with E-state index < -0.39 is 10.2 Å². The van der Waals surface area contributed by atoms with Gasteiger partial charge in [0.05, 0.1) is 5.92 Å². The summed E-state index contributed by atoms with van der Waals surface area (Å²) in [6.07, 6.45) is 1.97. The van der Waals surface area contributed by atoms with Crippen LogP contribution in [-0.4, -0.2) is 81.2 Å². The van der Waals surface area contributed by atoms with Gasteiger partial charge in [0.2, 0.25) is 5.91 Å². The van der Waals surface area contributed by atoms with E-state index in [1.807, 2.05) is 0 Å². The van der Waals surface area contributed by atoms with Gasteiger partial charge in [-0.15, -0.1) is 0 Å². The molecule has 2 rings (SSSR count). The molecule has 2 fully saturated rings. The first-order chi connectivity index (χ1) is 9.43. The van der Waals surface area contributed by atoms with E-state index >= 15 is 0 Å². The van der Waals surface area contributed by atoms with Gasteiger partial charge in [-0.25, -0.2) is 0 Å². The zero-order chi connectivity index (χ0) is 14.8. The summed E-state index contributed by atoms with van der Waals surface area (Å²) in [5.74, 6) is 0.222. The van der Waals surface area contributed by atoms with E-state index in [1.54, 1.807) is 4.90 Å². The first-order valence-corrected chi connectivity index (χ1v) is 8.49. The van der Waals surface area contributed by atoms with Crippen molar-refractivity contribution in [2.75, 3.05) is 53.4 Å². The first-order valence-electron chi connectivity index (χ1n) is 7.10. The first kappa shape index (κ1) is 15.7. The van der Waals surface area contributed by atoms with Crippen LogP contribution in [0.3, 0.4) is 0 Å². The molecule has 20 heavy (non-hydrogen) atoms. The van der Waals surface area contributed by atoms with Gasteiger partial charge in [0.15, 0.2) is 0 Å². The second-order valence-corrected chi connectivity index (χ2v) is 7.70. The number of hydrogen-bond acceptors (Lipinski definition) is 4. The average molecular weight is 304 g/mol. The van der Waals surface area contributed by atoms with Crippen LogP contribution >= 0.6 is 0 Å². The van der Waals surface area contributed by atoms with Crippen LogP contribution in [0.25, 0.3) is 0 Å². The molecule has 1 N–H and O–H groups in total. The normalized spacial score (nSPS) is 25.9. The second-order valence-electron chi connectivity index (χ2n) is 5.56. The Morgan fingerprint density at radius 1 is 1.20 bits per heavy atom. The Morgan fingerprint density at radius 2 is 1.85 bits per heavy atom. The predicted octanol–water partition coefficient (Wildman–Crippen LogP) is -1.06. The predicted molar refractivity (Wildman–Crippen MR) is 76.4 cm³/mol. The van der Waals surface area contributed by atoms with Crippen LogP contribution in [0.15, 0.2) is 0 Å². The molecule has 0 spiro atoms. The van der Waals surface area contributed by atoms with Gasteiger partial charge in [-0.05, 0) is 19.4 Å². The van der Waals surface area contributed by atoms with Crippen LogP contribution in [-0.2, 0) is 15.0 Å². The minimum absolute atomic E-state index is 0.0563. The molecule has 0 radical (unpaired) electrons. The molecular formula is C12H24N4O3S. The van der Waals surface area contributed by atoms with Crippen molar-refractivity contribution >= 4 is 16.1 Å². The molecule has 0 aromatic carbocycles. The van der Waals surface area contributed by atoms with Crippen LogP contribution in [0.2, 0.25) is 0 Å². The standard InChI is InChI=1S/C12H24N4O3S/c1-14(2)20(18,19)16-8-6-15(7-9-16)12(17)11-4-3-5-13-10-11/h11,13H,3-10H2,1-2H3. The van der Waals surface area contributed by atoms with Gasteiger partial charge in [0.25, 0.3) is 10.2 Å². The molecule has 0 saturated carbocycles. The van der Waals surface area contributed by atoms with Crippen molar-refractivity contribution in [3.05, 3.63) is 0 Å². The molecule has 2 heterocycles. The molecule has 2 aliphatic rings. The maximum absolute atomic E-state index is 12.4. The molecule has 1 amide bonds. The summed E-state index contributed by atoms with van der Waals surface area (Å²) in [5, 5.41) is 3.24. The van der Waals surface area contributed by atoms with E-state index in [4.69, 9.17) is 0 Å². The monoisotopic (exact) mass is 304 g/mol. The topological polar surface area (TPSA) is 73.0 Å². The van der Waals surface area contributed by atoms with Crippen LogP contribution in [0.5, 0.6) is 0 Å². The summed E-state index contributed by atoms with van der Waals surface area (Å²) in [4.78, 5) is 14.2. The summed E-state index contributed by atoms with van der Waals surface area (Å²) in [6.45, 7) is 3.47. The molecule has 0 aliphatic carbocycles. The Labute approximate surface area is 121 Å². The number of carbonyl (C=O) groups is 1. The maximum atomic E-state index is 12.4. The highest BCUT2D eigenvalue weighted by atomic mass is 32.2. The van der Waals surface area contributed by atoms with E-state index in [0.717, 1.165) is 25.9 Å². The van der Waals surface area contributed by atoms with E-state index in [2.05, 4.69) is 5.32 Å². The fraction of sp³-hybridized carbons (Fsp3) is 0.917. The van der Waals surface area contributed by atoms with E-state index in [0.29, 0.717) is 26.2 Å². The van der Waals surface area contributed by atoms with Crippen molar-refractivity contribution in [1.82, 2.24) is 18.8 Å². The molecule has 0 bridgehead atoms. The Morgan fingerprint density at radius 3 is 2.35 bits per heavy atom. The third-order valence-corrected chi connectivity index (χ3v) is 5.92. The maximum Gasteiger partial charge on any atom is 0.281 e. The minimum atomic E-state index is -3.36. The van der Waals surface area contributed by atoms with Gasteiger partial charge < -0.3 is 10.2 Å². The van der Waals surface area contributed by atoms with E-state index in [1.165, 1.54) is 22.7 Å². The van der Waals surface area contributed by atoms with Crippen LogP contribution in [0, 0.1) is 5.92 Å². The number of amides is 1. The van der Waals surface area contributed by atoms with E-state index in [9.17, 15) is 13.2 Å². The number of carbonyl (C=O) groups excluding carboxylic acids is 1. The van der Waals surface area contributed by atoms with E-state index in [-0.39, 0.29) is 11.8 Å². The largest absolute Gasteiger partial charge is 0.340 e. The Kier molecular flexibility index (Phi) is 5.00. The summed E-state index contributed by atoms with van der Waals surface area (Å²) < 4.78 is 26.7. The molecule has 1 unspecified atom stereocenters. The lowest BCUT2D eigenvalue weighted by molar-refractivity contribution is -0.137. The number of rotatable bonds is 3. The Hall–Kier alpha value is -0.700. The zero-order valence-electron chi connectivity index (χ0n) is 12.2. The van der Waals surface area contributed by atoms with Crippen LogP contribution in [0.1, 0.15) is 12.8 Å². The van der Waals surface area contributed by atoms with Crippen molar-refractivity contribution in [2.45, 2.75) is 12.8 Å². The van der Waals surface area contributed by atoms with Gasteiger partial charge >= 0.3 is 0 Å². The van der Waals surface area contributed by atoms with Crippen LogP contribution < -0.4 is 5.32 Å². The zero-order valence-corrected chi connectivity index (χ0v) is 13.0. The number of piperidine rings is 1. The number of piperazine rings is 1. The quantitative estimate of drug-likeness (QED) is 0.721. The molecule has 0 aromatic heterocycles. The molecule has 116 valence electrons. The fourth-order valence-corrected chi connectivity index (χ4v) is 3.78. The number of hydrogen-bond donors (Lipinski definition) is 1. The highest BCUT2D eigenvalue weighted by molar-refractivity contribution is 7.86. The van der Waals surface area contributed by atoms with Gasteiger partial charge in [-0.2, -0.15) is 17.0 Å². The van der Waals surface area contributed by atoms with Crippen molar-refractivity contribution in [3.8, 4) is 0 Å². The van der Waals surface area contributed by atoms with Gasteiger partial charge in [-0.1, -0.05) is 0 Å². The highest BCUT2D eigenvalue weighted by Crippen LogP contribution is 2.16. The van der Waals surface area contributed by atoms with Crippen molar-refractivity contribution in [3.63, 3.8) is 0 Å². The number of nitrogens with one attached hydrogen (secondary N) is 1.